The van der Waals surface area contributed by atoms with Gasteiger partial charge in [-0.3, -0.25) is 4.79 Å². The number of amides is 1. The molecule has 150 valence electrons. The number of benzene rings is 1. The van der Waals surface area contributed by atoms with Crippen LogP contribution < -0.4 is 5.32 Å². The Morgan fingerprint density at radius 3 is 2.79 bits per heavy atom. The topological polar surface area (TPSA) is 63.1 Å². The van der Waals surface area contributed by atoms with Crippen LogP contribution in [0.1, 0.15) is 35.7 Å². The van der Waals surface area contributed by atoms with Gasteiger partial charge in [-0.05, 0) is 55.0 Å². The normalized spacial score (nSPS) is 16.6. The Labute approximate surface area is 171 Å². The lowest BCUT2D eigenvalue weighted by Gasteiger charge is -2.30. The molecular weight excluding hydrogens is 362 g/mol. The van der Waals surface area contributed by atoms with Crippen molar-refractivity contribution in [2.75, 3.05) is 25.0 Å². The van der Waals surface area contributed by atoms with Crippen molar-refractivity contribution < 1.29 is 4.79 Å². The Hall–Kier alpha value is -3.15. The first-order valence-corrected chi connectivity index (χ1v) is 10.3. The van der Waals surface area contributed by atoms with Gasteiger partial charge >= 0.3 is 0 Å². The molecule has 3 heterocycles. The molecule has 1 aliphatic rings. The number of anilines is 1. The van der Waals surface area contributed by atoms with Crippen LogP contribution in [0.4, 0.5) is 5.82 Å². The van der Waals surface area contributed by atoms with Crippen molar-refractivity contribution in [1.82, 2.24) is 19.7 Å². The monoisotopic (exact) mass is 389 g/mol. The third-order valence-electron chi connectivity index (χ3n) is 5.33. The van der Waals surface area contributed by atoms with Crippen molar-refractivity contribution in [2.24, 2.45) is 5.92 Å². The Balaban J connectivity index is 1.28. The van der Waals surface area contributed by atoms with Crippen LogP contribution in [0.2, 0.25) is 0 Å². The molecule has 2 aromatic heterocycles. The maximum atomic E-state index is 12.6. The zero-order chi connectivity index (χ0) is 20.1. The molecular formula is C23H27N5O. The van der Waals surface area contributed by atoms with Crippen molar-refractivity contribution in [2.45, 2.75) is 26.2 Å². The van der Waals surface area contributed by atoms with E-state index in [0.29, 0.717) is 11.5 Å². The molecule has 3 aromatic rings. The van der Waals surface area contributed by atoms with Gasteiger partial charge in [0, 0.05) is 32.0 Å². The highest BCUT2D eigenvalue weighted by Crippen LogP contribution is 2.18. The van der Waals surface area contributed by atoms with E-state index in [-0.39, 0.29) is 5.91 Å². The number of rotatable bonds is 6. The lowest BCUT2D eigenvalue weighted by atomic mass is 10.00. The maximum absolute atomic E-state index is 12.6. The summed E-state index contributed by atoms with van der Waals surface area (Å²) >= 11 is 0. The van der Waals surface area contributed by atoms with Gasteiger partial charge in [-0.25, -0.2) is 9.67 Å². The molecule has 1 aliphatic heterocycles. The van der Waals surface area contributed by atoms with E-state index in [1.165, 1.54) is 6.42 Å². The molecule has 6 nitrogen and oxygen atoms in total. The highest BCUT2D eigenvalue weighted by atomic mass is 16.2. The number of piperidine rings is 1. The predicted octanol–water partition coefficient (Wildman–Crippen LogP) is 3.79. The minimum absolute atomic E-state index is 0.0870. The van der Waals surface area contributed by atoms with Crippen LogP contribution in [-0.4, -0.2) is 45.2 Å². The number of carbonyl (C=O) groups is 1. The number of aromatic nitrogens is 3. The molecule has 1 fully saturated rings. The average Bonchev–Trinajstić information content (AvgIpc) is 3.23. The molecule has 4 rings (SSSR count). The van der Waals surface area contributed by atoms with E-state index >= 15 is 0 Å². The van der Waals surface area contributed by atoms with E-state index in [1.807, 2.05) is 64.4 Å². The van der Waals surface area contributed by atoms with E-state index in [4.69, 9.17) is 0 Å². The minimum atomic E-state index is 0.0870. The molecule has 1 atom stereocenters. The summed E-state index contributed by atoms with van der Waals surface area (Å²) in [6, 6.07) is 13.8. The SMILES string of the molecule is C[C@H]1CCCN(C(=O)c2ccc(NCCc3cnn(-c4ccccc4)c3)nc2)C1. The van der Waals surface area contributed by atoms with Crippen LogP contribution in [0.25, 0.3) is 5.69 Å². The third kappa shape index (κ3) is 4.83. The minimum Gasteiger partial charge on any atom is -0.370 e. The number of pyridine rings is 1. The van der Waals surface area contributed by atoms with Gasteiger partial charge in [0.15, 0.2) is 0 Å². The molecule has 6 heteroatoms. The molecule has 0 unspecified atom stereocenters. The summed E-state index contributed by atoms with van der Waals surface area (Å²) in [7, 11) is 0. The second kappa shape index (κ2) is 8.90. The number of nitrogens with one attached hydrogen (secondary N) is 1. The summed E-state index contributed by atoms with van der Waals surface area (Å²) in [4.78, 5) is 19.0. The summed E-state index contributed by atoms with van der Waals surface area (Å²) in [6.45, 7) is 4.65. The highest BCUT2D eigenvalue weighted by Gasteiger charge is 2.22. The van der Waals surface area contributed by atoms with E-state index in [2.05, 4.69) is 22.3 Å². The summed E-state index contributed by atoms with van der Waals surface area (Å²) in [5, 5.41) is 7.75. The molecule has 0 aliphatic carbocycles. The van der Waals surface area contributed by atoms with Crippen molar-refractivity contribution in [3.63, 3.8) is 0 Å². The molecule has 0 radical (unpaired) electrons. The van der Waals surface area contributed by atoms with Crippen LogP contribution in [0, 0.1) is 5.92 Å². The zero-order valence-corrected chi connectivity index (χ0v) is 16.8. The summed E-state index contributed by atoms with van der Waals surface area (Å²) in [5.74, 6) is 1.45. The Bertz CT molecular complexity index is 935. The Kier molecular flexibility index (Phi) is 5.89. The number of carbonyl (C=O) groups excluding carboxylic acids is 1. The van der Waals surface area contributed by atoms with Crippen molar-refractivity contribution in [3.8, 4) is 5.69 Å². The summed E-state index contributed by atoms with van der Waals surface area (Å²) in [6.07, 6.45) is 8.75. The average molecular weight is 390 g/mol. The fourth-order valence-corrected chi connectivity index (χ4v) is 3.73. The molecule has 0 spiro atoms. The van der Waals surface area contributed by atoms with Gasteiger partial charge in [0.1, 0.15) is 5.82 Å². The maximum Gasteiger partial charge on any atom is 0.255 e. The van der Waals surface area contributed by atoms with Gasteiger partial charge in [-0.1, -0.05) is 25.1 Å². The van der Waals surface area contributed by atoms with E-state index in [1.54, 1.807) is 6.20 Å². The van der Waals surface area contributed by atoms with Crippen LogP contribution in [-0.2, 0) is 6.42 Å². The highest BCUT2D eigenvalue weighted by molar-refractivity contribution is 5.94. The van der Waals surface area contributed by atoms with Crippen molar-refractivity contribution in [1.29, 1.82) is 0 Å². The van der Waals surface area contributed by atoms with Crippen LogP contribution in [0.5, 0.6) is 0 Å². The second-order valence-corrected chi connectivity index (χ2v) is 7.74. The molecule has 1 aromatic carbocycles. The Morgan fingerprint density at radius 2 is 2.03 bits per heavy atom. The van der Waals surface area contributed by atoms with E-state index < -0.39 is 0 Å². The molecule has 1 saturated heterocycles. The molecule has 29 heavy (non-hydrogen) atoms. The number of para-hydroxylation sites is 1. The Morgan fingerprint density at radius 1 is 1.17 bits per heavy atom. The quantitative estimate of drug-likeness (QED) is 0.697. The van der Waals surface area contributed by atoms with Crippen LogP contribution in [0.15, 0.2) is 61.1 Å². The first-order valence-electron chi connectivity index (χ1n) is 10.3. The van der Waals surface area contributed by atoms with E-state index in [0.717, 1.165) is 49.5 Å². The largest absolute Gasteiger partial charge is 0.370 e. The van der Waals surface area contributed by atoms with Crippen LogP contribution in [0.3, 0.4) is 0 Å². The summed E-state index contributed by atoms with van der Waals surface area (Å²) < 4.78 is 1.88. The number of nitrogens with zero attached hydrogens (tertiary/aromatic N) is 4. The van der Waals surface area contributed by atoms with Crippen molar-refractivity contribution >= 4 is 11.7 Å². The fourth-order valence-electron chi connectivity index (χ4n) is 3.73. The van der Waals surface area contributed by atoms with Crippen molar-refractivity contribution in [3.05, 3.63) is 72.2 Å². The van der Waals surface area contributed by atoms with Gasteiger partial charge in [0.25, 0.3) is 5.91 Å². The third-order valence-corrected chi connectivity index (χ3v) is 5.33. The van der Waals surface area contributed by atoms with Gasteiger partial charge in [-0.2, -0.15) is 5.10 Å². The molecule has 1 amide bonds. The van der Waals surface area contributed by atoms with Crippen LogP contribution >= 0.6 is 0 Å². The smallest absolute Gasteiger partial charge is 0.255 e. The standard InChI is InChI=1S/C23H27N5O/c1-18-6-5-13-27(16-18)23(29)20-9-10-22(25-15-20)24-12-11-19-14-26-28(17-19)21-7-3-2-4-8-21/h2-4,7-10,14-15,17-18H,5-6,11-13,16H2,1H3,(H,24,25)/t18-/m0/s1. The molecule has 0 bridgehead atoms. The first kappa shape index (κ1) is 19.2. The fraction of sp³-hybridized carbons (Fsp3) is 0.348. The van der Waals surface area contributed by atoms with Gasteiger partial charge in [0.2, 0.25) is 0 Å². The number of likely N-dealkylation sites (tertiary alicyclic amines) is 1. The lowest BCUT2D eigenvalue weighted by Crippen LogP contribution is -2.39. The zero-order valence-electron chi connectivity index (χ0n) is 16.8. The predicted molar refractivity (Wildman–Crippen MR) is 114 cm³/mol. The van der Waals surface area contributed by atoms with Gasteiger partial charge < -0.3 is 10.2 Å². The molecule has 0 saturated carbocycles. The molecule has 1 N–H and O–H groups in total. The summed E-state index contributed by atoms with van der Waals surface area (Å²) in [5.41, 5.74) is 2.87. The van der Waals surface area contributed by atoms with E-state index in [9.17, 15) is 4.79 Å². The first-order chi connectivity index (χ1) is 14.2. The number of hydrogen-bond donors (Lipinski definition) is 1. The van der Waals surface area contributed by atoms with Gasteiger partial charge in [0.05, 0.1) is 17.4 Å². The number of hydrogen-bond acceptors (Lipinski definition) is 4. The second-order valence-electron chi connectivity index (χ2n) is 7.74. The lowest BCUT2D eigenvalue weighted by molar-refractivity contribution is 0.0682. The van der Waals surface area contributed by atoms with Gasteiger partial charge in [-0.15, -0.1) is 0 Å².